The molecule has 1 saturated heterocycles. The summed E-state index contributed by atoms with van der Waals surface area (Å²) >= 11 is 0. The van der Waals surface area contributed by atoms with E-state index in [4.69, 9.17) is 4.74 Å². The quantitative estimate of drug-likeness (QED) is 0.907. The highest BCUT2D eigenvalue weighted by Crippen LogP contribution is 2.29. The van der Waals surface area contributed by atoms with Gasteiger partial charge >= 0.3 is 6.03 Å². The maximum absolute atomic E-state index is 12.1. The minimum atomic E-state index is 0.0464. The number of nitrogens with one attached hydrogen (secondary N) is 1. The molecule has 0 aromatic heterocycles. The molecule has 128 valence electrons. The Balaban J connectivity index is 1.93. The Hall–Kier alpha value is -1.91. The van der Waals surface area contributed by atoms with Crippen molar-refractivity contribution < 1.29 is 9.53 Å². The van der Waals surface area contributed by atoms with Gasteiger partial charge in [-0.25, -0.2) is 4.79 Å². The molecule has 0 spiro atoms. The summed E-state index contributed by atoms with van der Waals surface area (Å²) in [6.07, 6.45) is 0.152. The lowest BCUT2D eigenvalue weighted by Crippen LogP contribution is -2.52. The molecule has 1 aromatic carbocycles. The largest absolute Gasteiger partial charge is 0.489 e. The first-order valence-electron chi connectivity index (χ1n) is 8.50. The van der Waals surface area contributed by atoms with Crippen LogP contribution in [-0.4, -0.2) is 49.8 Å². The number of carbonyl (C=O) groups excluding carboxylic acids is 1. The first-order chi connectivity index (χ1) is 11.0. The standard InChI is InChI=1S/C18H29N3O2/c1-14(2)13-19-18(22)21-11-9-20(10-12-21)16-7-5-6-8-17(16)23-15(3)4/h5-8,14-15H,9-13H2,1-4H3,(H,19,22). The Labute approximate surface area is 139 Å². The number of benzene rings is 1. The van der Waals surface area contributed by atoms with Gasteiger partial charge in [-0.1, -0.05) is 26.0 Å². The third-order valence-corrected chi connectivity index (χ3v) is 3.80. The molecule has 0 aliphatic carbocycles. The number of rotatable bonds is 5. The van der Waals surface area contributed by atoms with Gasteiger partial charge in [0.05, 0.1) is 11.8 Å². The second-order valence-corrected chi connectivity index (χ2v) is 6.69. The third kappa shape index (κ3) is 5.05. The van der Waals surface area contributed by atoms with Gasteiger partial charge in [0.1, 0.15) is 5.75 Å². The number of urea groups is 1. The summed E-state index contributed by atoms with van der Waals surface area (Å²) in [4.78, 5) is 16.3. The van der Waals surface area contributed by atoms with Gasteiger partial charge in [0, 0.05) is 32.7 Å². The van der Waals surface area contributed by atoms with E-state index in [1.165, 1.54) is 0 Å². The molecule has 23 heavy (non-hydrogen) atoms. The Morgan fingerprint density at radius 3 is 2.39 bits per heavy atom. The molecular weight excluding hydrogens is 290 g/mol. The van der Waals surface area contributed by atoms with E-state index >= 15 is 0 Å². The average molecular weight is 319 g/mol. The lowest BCUT2D eigenvalue weighted by molar-refractivity contribution is 0.192. The van der Waals surface area contributed by atoms with Crippen molar-refractivity contribution in [2.75, 3.05) is 37.6 Å². The molecule has 2 rings (SSSR count). The summed E-state index contributed by atoms with van der Waals surface area (Å²) in [7, 11) is 0. The number of para-hydroxylation sites is 2. The fourth-order valence-corrected chi connectivity index (χ4v) is 2.63. The van der Waals surface area contributed by atoms with Gasteiger partial charge in [0.25, 0.3) is 0 Å². The van der Waals surface area contributed by atoms with E-state index in [2.05, 4.69) is 30.1 Å². The number of ether oxygens (including phenoxy) is 1. The minimum Gasteiger partial charge on any atom is -0.489 e. The summed E-state index contributed by atoms with van der Waals surface area (Å²) < 4.78 is 5.90. The number of anilines is 1. The van der Waals surface area contributed by atoms with E-state index < -0.39 is 0 Å². The van der Waals surface area contributed by atoms with E-state index in [9.17, 15) is 4.79 Å². The SMILES string of the molecule is CC(C)CNC(=O)N1CCN(c2ccccc2OC(C)C)CC1. The highest BCUT2D eigenvalue weighted by atomic mass is 16.5. The highest BCUT2D eigenvalue weighted by Gasteiger charge is 2.23. The maximum atomic E-state index is 12.1. The van der Waals surface area contributed by atoms with Crippen molar-refractivity contribution in [2.24, 2.45) is 5.92 Å². The first kappa shape index (κ1) is 17.4. The molecule has 1 heterocycles. The van der Waals surface area contributed by atoms with Crippen LogP contribution in [0, 0.1) is 5.92 Å². The molecule has 0 radical (unpaired) electrons. The summed E-state index contributed by atoms with van der Waals surface area (Å²) in [5.74, 6) is 1.39. The molecule has 1 aliphatic heterocycles. The van der Waals surface area contributed by atoms with Crippen molar-refractivity contribution in [1.29, 1.82) is 0 Å². The van der Waals surface area contributed by atoms with Gasteiger partial charge in [0.15, 0.2) is 0 Å². The smallest absolute Gasteiger partial charge is 0.317 e. The van der Waals surface area contributed by atoms with Crippen LogP contribution in [0.1, 0.15) is 27.7 Å². The van der Waals surface area contributed by atoms with E-state index in [1.807, 2.05) is 36.9 Å². The van der Waals surface area contributed by atoms with Gasteiger partial charge in [-0.3, -0.25) is 0 Å². The topological polar surface area (TPSA) is 44.8 Å². The van der Waals surface area contributed by atoms with E-state index in [0.717, 1.165) is 44.2 Å². The zero-order valence-corrected chi connectivity index (χ0v) is 14.7. The van der Waals surface area contributed by atoms with Gasteiger partial charge in [-0.2, -0.15) is 0 Å². The van der Waals surface area contributed by atoms with E-state index in [-0.39, 0.29) is 12.1 Å². The van der Waals surface area contributed by atoms with Crippen molar-refractivity contribution in [3.05, 3.63) is 24.3 Å². The number of piperazine rings is 1. The summed E-state index contributed by atoms with van der Waals surface area (Å²) in [5, 5.41) is 2.99. The summed E-state index contributed by atoms with van der Waals surface area (Å²) in [5.41, 5.74) is 1.11. The van der Waals surface area contributed by atoms with Crippen LogP contribution in [0.25, 0.3) is 0 Å². The third-order valence-electron chi connectivity index (χ3n) is 3.80. The molecule has 1 N–H and O–H groups in total. The predicted molar refractivity (Wildman–Crippen MR) is 94.2 cm³/mol. The zero-order chi connectivity index (χ0) is 16.8. The molecule has 1 aromatic rings. The fraction of sp³-hybridized carbons (Fsp3) is 0.611. The number of carbonyl (C=O) groups is 1. The van der Waals surface area contributed by atoms with E-state index in [1.54, 1.807) is 0 Å². The van der Waals surface area contributed by atoms with Crippen molar-refractivity contribution in [3.63, 3.8) is 0 Å². The number of amides is 2. The Morgan fingerprint density at radius 2 is 1.78 bits per heavy atom. The summed E-state index contributed by atoms with van der Waals surface area (Å²) in [6, 6.07) is 8.18. The van der Waals surface area contributed by atoms with Crippen molar-refractivity contribution in [3.8, 4) is 5.75 Å². The van der Waals surface area contributed by atoms with Crippen LogP contribution in [0.3, 0.4) is 0 Å². The molecule has 0 saturated carbocycles. The number of hydrogen-bond donors (Lipinski definition) is 1. The molecule has 1 fully saturated rings. The molecular formula is C18H29N3O2. The van der Waals surface area contributed by atoms with Crippen LogP contribution in [0.5, 0.6) is 5.75 Å². The van der Waals surface area contributed by atoms with Crippen LogP contribution in [0.15, 0.2) is 24.3 Å². The zero-order valence-electron chi connectivity index (χ0n) is 14.7. The van der Waals surface area contributed by atoms with Gasteiger partial charge < -0.3 is 19.9 Å². The number of nitrogens with zero attached hydrogens (tertiary/aromatic N) is 2. The van der Waals surface area contributed by atoms with Gasteiger partial charge in [0.2, 0.25) is 0 Å². The van der Waals surface area contributed by atoms with Gasteiger partial charge in [-0.05, 0) is 31.9 Å². The van der Waals surface area contributed by atoms with Crippen molar-refractivity contribution >= 4 is 11.7 Å². The molecule has 5 nitrogen and oxygen atoms in total. The van der Waals surface area contributed by atoms with Crippen LogP contribution >= 0.6 is 0 Å². The molecule has 0 atom stereocenters. The van der Waals surface area contributed by atoms with Crippen LogP contribution < -0.4 is 15.0 Å². The lowest BCUT2D eigenvalue weighted by atomic mass is 10.2. The molecule has 2 amide bonds. The molecule has 0 unspecified atom stereocenters. The predicted octanol–water partition coefficient (Wildman–Crippen LogP) is 2.96. The minimum absolute atomic E-state index is 0.0464. The van der Waals surface area contributed by atoms with E-state index in [0.29, 0.717) is 5.92 Å². The Bertz CT molecular complexity index is 509. The lowest BCUT2D eigenvalue weighted by Gasteiger charge is -2.37. The van der Waals surface area contributed by atoms with Crippen LogP contribution in [-0.2, 0) is 0 Å². The van der Waals surface area contributed by atoms with Gasteiger partial charge in [-0.15, -0.1) is 0 Å². The highest BCUT2D eigenvalue weighted by molar-refractivity contribution is 5.74. The second-order valence-electron chi connectivity index (χ2n) is 6.69. The molecule has 5 heteroatoms. The van der Waals surface area contributed by atoms with Crippen LogP contribution in [0.4, 0.5) is 10.5 Å². The van der Waals surface area contributed by atoms with Crippen molar-refractivity contribution in [1.82, 2.24) is 10.2 Å². The summed E-state index contributed by atoms with van der Waals surface area (Å²) in [6.45, 7) is 12.1. The molecule has 1 aliphatic rings. The first-order valence-corrected chi connectivity index (χ1v) is 8.50. The van der Waals surface area contributed by atoms with Crippen molar-refractivity contribution in [2.45, 2.75) is 33.8 Å². The second kappa shape index (κ2) is 8.09. The Morgan fingerprint density at radius 1 is 1.13 bits per heavy atom. The molecule has 0 bridgehead atoms. The fourth-order valence-electron chi connectivity index (χ4n) is 2.63. The maximum Gasteiger partial charge on any atom is 0.317 e. The average Bonchev–Trinajstić information content (AvgIpc) is 2.53. The number of hydrogen-bond acceptors (Lipinski definition) is 3. The Kier molecular flexibility index (Phi) is 6.13. The normalized spacial score (nSPS) is 15.2. The van der Waals surface area contributed by atoms with Crippen LogP contribution in [0.2, 0.25) is 0 Å². The monoisotopic (exact) mass is 319 g/mol.